The molecule has 2 aromatic rings. The Bertz CT molecular complexity index is 960. The van der Waals surface area contributed by atoms with Crippen molar-refractivity contribution in [3.63, 3.8) is 0 Å². The first-order valence-electron chi connectivity index (χ1n) is 10.5. The first-order chi connectivity index (χ1) is 14.9. The number of rotatable bonds is 6. The molecule has 3 unspecified atom stereocenters. The van der Waals surface area contributed by atoms with Crippen LogP contribution in [0.1, 0.15) is 31.4 Å². The first-order valence-corrected chi connectivity index (χ1v) is 10.5. The van der Waals surface area contributed by atoms with Crippen LogP contribution in [0.3, 0.4) is 0 Å². The Morgan fingerprint density at radius 1 is 0.871 bits per heavy atom. The van der Waals surface area contributed by atoms with E-state index in [1.165, 1.54) is 0 Å². The average molecular weight is 421 g/mol. The largest absolute Gasteiger partial charge is 0.508 e. The minimum Gasteiger partial charge on any atom is -0.445 e. The molecular weight excluding hydrogens is 394 g/mol. The van der Waals surface area contributed by atoms with Gasteiger partial charge in [0.1, 0.15) is 19.8 Å². The standard InChI is InChI=1S/C25H27NO5/c1-24-13-14-25(2,26(24)22(27)29-16-19-9-5-3-6-10-19)21(15-24)18-31-23(28)30-17-20-11-7-4-8-12-20/h3-14,21H,15-18H2,1-2H3. The van der Waals surface area contributed by atoms with Crippen LogP contribution in [0.2, 0.25) is 0 Å². The highest BCUT2D eigenvalue weighted by atomic mass is 16.7. The summed E-state index contributed by atoms with van der Waals surface area (Å²) in [5.41, 5.74) is 0.785. The second-order valence-electron chi connectivity index (χ2n) is 8.53. The van der Waals surface area contributed by atoms with E-state index in [2.05, 4.69) is 0 Å². The lowest BCUT2D eigenvalue weighted by Gasteiger charge is -2.36. The highest BCUT2D eigenvalue weighted by molar-refractivity contribution is 5.73. The van der Waals surface area contributed by atoms with Crippen LogP contribution >= 0.6 is 0 Å². The van der Waals surface area contributed by atoms with Crippen LogP contribution in [0.5, 0.6) is 0 Å². The molecule has 0 radical (unpaired) electrons. The maximum Gasteiger partial charge on any atom is 0.508 e. The minimum absolute atomic E-state index is 0.0453. The van der Waals surface area contributed by atoms with Crippen molar-refractivity contribution in [3.8, 4) is 0 Å². The summed E-state index contributed by atoms with van der Waals surface area (Å²) in [7, 11) is 0. The molecule has 1 amide bonds. The van der Waals surface area contributed by atoms with Gasteiger partial charge in [0.05, 0.1) is 11.1 Å². The number of ether oxygens (including phenoxy) is 3. The van der Waals surface area contributed by atoms with Crippen LogP contribution in [0.15, 0.2) is 72.8 Å². The second-order valence-corrected chi connectivity index (χ2v) is 8.53. The predicted octanol–water partition coefficient (Wildman–Crippen LogP) is 5.09. The topological polar surface area (TPSA) is 65.1 Å². The van der Waals surface area contributed by atoms with Crippen LogP contribution < -0.4 is 0 Å². The van der Waals surface area contributed by atoms with Gasteiger partial charge in [-0.15, -0.1) is 0 Å². The fraction of sp³-hybridized carbons (Fsp3) is 0.360. The van der Waals surface area contributed by atoms with Crippen LogP contribution in [-0.4, -0.2) is 34.8 Å². The predicted molar refractivity (Wildman–Crippen MR) is 115 cm³/mol. The summed E-state index contributed by atoms with van der Waals surface area (Å²) in [6.45, 7) is 4.54. The lowest BCUT2D eigenvalue weighted by Crippen LogP contribution is -2.50. The van der Waals surface area contributed by atoms with Crippen LogP contribution in [0.25, 0.3) is 0 Å². The fourth-order valence-electron chi connectivity index (χ4n) is 4.57. The van der Waals surface area contributed by atoms with E-state index < -0.39 is 17.2 Å². The van der Waals surface area contributed by atoms with Crippen molar-refractivity contribution in [2.75, 3.05) is 6.61 Å². The van der Waals surface area contributed by atoms with E-state index in [4.69, 9.17) is 14.2 Å². The Kier molecular flexibility index (Phi) is 5.72. The van der Waals surface area contributed by atoms with E-state index in [9.17, 15) is 9.59 Å². The summed E-state index contributed by atoms with van der Waals surface area (Å²) in [5.74, 6) is -0.0453. The summed E-state index contributed by atoms with van der Waals surface area (Å²) in [6, 6.07) is 19.0. The van der Waals surface area contributed by atoms with Crippen LogP contribution in [-0.2, 0) is 27.4 Å². The van der Waals surface area contributed by atoms with E-state index in [0.29, 0.717) is 6.42 Å². The van der Waals surface area contributed by atoms with Gasteiger partial charge >= 0.3 is 12.2 Å². The summed E-state index contributed by atoms with van der Waals surface area (Å²) in [5, 5.41) is 0. The normalized spacial score (nSPS) is 26.0. The monoisotopic (exact) mass is 421 g/mol. The molecule has 0 aromatic heterocycles. The van der Waals surface area contributed by atoms with E-state index in [0.717, 1.165) is 11.1 Å². The zero-order valence-electron chi connectivity index (χ0n) is 17.8. The van der Waals surface area contributed by atoms with E-state index in [1.54, 1.807) is 4.90 Å². The molecule has 4 rings (SSSR count). The Balaban J connectivity index is 1.33. The van der Waals surface area contributed by atoms with Gasteiger partial charge in [-0.3, -0.25) is 4.90 Å². The van der Waals surface area contributed by atoms with Gasteiger partial charge in [0.2, 0.25) is 0 Å². The van der Waals surface area contributed by atoms with E-state index >= 15 is 0 Å². The molecule has 2 bridgehead atoms. The molecule has 162 valence electrons. The molecule has 0 spiro atoms. The Hall–Kier alpha value is -3.28. The van der Waals surface area contributed by atoms with Gasteiger partial charge in [-0.05, 0) is 31.4 Å². The van der Waals surface area contributed by atoms with Gasteiger partial charge in [-0.2, -0.15) is 0 Å². The Morgan fingerprint density at radius 3 is 2.06 bits per heavy atom. The molecule has 6 nitrogen and oxygen atoms in total. The van der Waals surface area contributed by atoms with Crippen molar-refractivity contribution < 1.29 is 23.8 Å². The fourth-order valence-corrected chi connectivity index (χ4v) is 4.57. The van der Waals surface area contributed by atoms with Gasteiger partial charge in [0.25, 0.3) is 0 Å². The maximum absolute atomic E-state index is 13.0. The maximum atomic E-state index is 13.0. The quantitative estimate of drug-likeness (QED) is 0.480. The molecule has 2 aliphatic heterocycles. The highest BCUT2D eigenvalue weighted by Gasteiger charge is 2.60. The van der Waals surface area contributed by atoms with Crippen molar-refractivity contribution in [1.82, 2.24) is 4.90 Å². The lowest BCUT2D eigenvalue weighted by atomic mass is 9.81. The van der Waals surface area contributed by atoms with Gasteiger partial charge in [-0.25, -0.2) is 9.59 Å². The molecular formula is C25H27NO5. The summed E-state index contributed by atoms with van der Waals surface area (Å²) < 4.78 is 16.2. The molecule has 6 heteroatoms. The van der Waals surface area contributed by atoms with Crippen molar-refractivity contribution >= 4 is 12.2 Å². The van der Waals surface area contributed by atoms with Crippen molar-refractivity contribution in [2.24, 2.45) is 5.92 Å². The SMILES string of the molecule is CC12C=CC(C)(C(COC(=O)OCc3ccccc3)C1)N2C(=O)OCc1ccccc1. The number of hydrogen-bond acceptors (Lipinski definition) is 5. The molecule has 2 heterocycles. The molecule has 1 fully saturated rings. The summed E-state index contributed by atoms with van der Waals surface area (Å²) in [6.07, 6.45) is 3.67. The minimum atomic E-state index is -0.706. The first kappa shape index (κ1) is 21.0. The average Bonchev–Trinajstić information content (AvgIpc) is 3.18. The van der Waals surface area contributed by atoms with Crippen molar-refractivity contribution in [2.45, 2.75) is 44.6 Å². The van der Waals surface area contributed by atoms with Crippen LogP contribution in [0, 0.1) is 5.92 Å². The van der Waals surface area contributed by atoms with E-state index in [1.807, 2.05) is 86.7 Å². The molecule has 0 aliphatic carbocycles. The van der Waals surface area contributed by atoms with Gasteiger partial charge in [0.15, 0.2) is 0 Å². The number of benzene rings is 2. The lowest BCUT2D eigenvalue weighted by molar-refractivity contribution is 0.0257. The molecule has 2 aromatic carbocycles. The second kappa shape index (κ2) is 8.46. The molecule has 31 heavy (non-hydrogen) atoms. The van der Waals surface area contributed by atoms with Crippen molar-refractivity contribution in [3.05, 3.63) is 83.9 Å². The third kappa shape index (κ3) is 4.29. The zero-order valence-corrected chi connectivity index (χ0v) is 17.8. The summed E-state index contributed by atoms with van der Waals surface area (Å²) in [4.78, 5) is 26.8. The molecule has 0 N–H and O–H groups in total. The third-order valence-electron chi connectivity index (χ3n) is 6.25. The Morgan fingerprint density at radius 2 is 1.45 bits per heavy atom. The Labute approximate surface area is 182 Å². The number of carbonyl (C=O) groups is 2. The highest BCUT2D eigenvalue weighted by Crippen LogP contribution is 2.52. The number of hydrogen-bond donors (Lipinski definition) is 0. The molecule has 3 atom stereocenters. The van der Waals surface area contributed by atoms with Gasteiger partial charge < -0.3 is 14.2 Å². The molecule has 0 saturated carbocycles. The van der Waals surface area contributed by atoms with Crippen LogP contribution in [0.4, 0.5) is 9.59 Å². The van der Waals surface area contributed by atoms with E-state index in [-0.39, 0.29) is 31.8 Å². The summed E-state index contributed by atoms with van der Waals surface area (Å²) >= 11 is 0. The smallest absolute Gasteiger partial charge is 0.445 e. The number of amides is 1. The van der Waals surface area contributed by atoms with Gasteiger partial charge in [0, 0.05) is 5.92 Å². The van der Waals surface area contributed by atoms with Gasteiger partial charge in [-0.1, -0.05) is 72.8 Å². The number of nitrogens with zero attached hydrogens (tertiary/aromatic N) is 1. The molecule has 1 saturated heterocycles. The molecule has 2 aliphatic rings. The third-order valence-corrected chi connectivity index (χ3v) is 6.25. The number of fused-ring (bicyclic) bond motifs is 2. The van der Waals surface area contributed by atoms with Crippen molar-refractivity contribution in [1.29, 1.82) is 0 Å². The zero-order chi connectivity index (χ0) is 21.9. The number of carbonyl (C=O) groups excluding carboxylic acids is 2.